The summed E-state index contributed by atoms with van der Waals surface area (Å²) in [4.78, 5) is 14.8. The van der Waals surface area contributed by atoms with E-state index in [2.05, 4.69) is 30.0 Å². The fraction of sp³-hybridized carbons (Fsp3) is 0.333. The second-order valence-corrected chi connectivity index (χ2v) is 7.95. The first-order chi connectivity index (χ1) is 12.3. The van der Waals surface area contributed by atoms with E-state index in [1.807, 2.05) is 60.6 Å². The van der Waals surface area contributed by atoms with E-state index in [0.29, 0.717) is 13.1 Å². The van der Waals surface area contributed by atoms with Crippen LogP contribution in [0.15, 0.2) is 48.8 Å². The fourth-order valence-corrected chi connectivity index (χ4v) is 3.43. The zero-order valence-corrected chi connectivity index (χ0v) is 15.7. The molecule has 3 heterocycles. The van der Waals surface area contributed by atoms with Crippen molar-refractivity contribution in [2.24, 2.45) is 0 Å². The highest BCUT2D eigenvalue weighted by atomic mass is 16.2. The van der Waals surface area contributed by atoms with Gasteiger partial charge in [0.1, 0.15) is 5.82 Å². The summed E-state index contributed by atoms with van der Waals surface area (Å²) in [5, 5.41) is 4.86. The molecule has 1 aromatic carbocycles. The SMILES string of the molecule is Cc1ccc(C(=O)N2Cc3nn(C(C)(C)C)c(-n4cccc4)c3C2)cc1. The molecule has 0 spiro atoms. The molecule has 134 valence electrons. The Hall–Kier alpha value is -2.82. The van der Waals surface area contributed by atoms with Crippen molar-refractivity contribution in [3.63, 3.8) is 0 Å². The average molecular weight is 348 g/mol. The van der Waals surface area contributed by atoms with E-state index in [4.69, 9.17) is 5.10 Å². The Kier molecular flexibility index (Phi) is 3.75. The van der Waals surface area contributed by atoms with Gasteiger partial charge < -0.3 is 9.47 Å². The lowest BCUT2D eigenvalue weighted by molar-refractivity contribution is 0.0748. The summed E-state index contributed by atoms with van der Waals surface area (Å²) in [6, 6.07) is 11.8. The number of benzene rings is 1. The van der Waals surface area contributed by atoms with Crippen LogP contribution in [-0.4, -0.2) is 25.2 Å². The van der Waals surface area contributed by atoms with Gasteiger partial charge in [-0.3, -0.25) is 4.79 Å². The maximum Gasteiger partial charge on any atom is 0.254 e. The number of hydrogen-bond acceptors (Lipinski definition) is 2. The fourth-order valence-electron chi connectivity index (χ4n) is 3.43. The summed E-state index contributed by atoms with van der Waals surface area (Å²) < 4.78 is 4.17. The Morgan fingerprint density at radius 3 is 2.31 bits per heavy atom. The van der Waals surface area contributed by atoms with Gasteiger partial charge >= 0.3 is 0 Å². The minimum Gasteiger partial charge on any atom is -0.328 e. The van der Waals surface area contributed by atoms with Crippen LogP contribution in [0, 0.1) is 6.92 Å². The van der Waals surface area contributed by atoms with Gasteiger partial charge in [-0.2, -0.15) is 5.10 Å². The zero-order valence-electron chi connectivity index (χ0n) is 15.7. The van der Waals surface area contributed by atoms with Crippen molar-refractivity contribution in [2.75, 3.05) is 0 Å². The van der Waals surface area contributed by atoms with Gasteiger partial charge in [-0.25, -0.2) is 4.68 Å². The van der Waals surface area contributed by atoms with Crippen LogP contribution in [0.25, 0.3) is 5.82 Å². The normalized spacial score (nSPS) is 13.9. The van der Waals surface area contributed by atoms with Crippen molar-refractivity contribution >= 4 is 5.91 Å². The Morgan fingerprint density at radius 2 is 1.69 bits per heavy atom. The minimum atomic E-state index is -0.129. The van der Waals surface area contributed by atoms with Crippen LogP contribution in [0.2, 0.25) is 0 Å². The molecular weight excluding hydrogens is 324 g/mol. The number of nitrogens with zero attached hydrogens (tertiary/aromatic N) is 4. The van der Waals surface area contributed by atoms with Crippen molar-refractivity contribution in [3.05, 3.63) is 71.2 Å². The highest BCUT2D eigenvalue weighted by molar-refractivity contribution is 5.94. The van der Waals surface area contributed by atoms with Gasteiger partial charge in [0.05, 0.1) is 24.3 Å². The van der Waals surface area contributed by atoms with Crippen molar-refractivity contribution in [1.29, 1.82) is 0 Å². The average Bonchev–Trinajstić information content (AvgIpc) is 3.29. The molecular formula is C21H24N4O. The highest BCUT2D eigenvalue weighted by Gasteiger charge is 2.33. The third-order valence-corrected chi connectivity index (χ3v) is 4.80. The van der Waals surface area contributed by atoms with Crippen LogP contribution < -0.4 is 0 Å². The van der Waals surface area contributed by atoms with E-state index in [-0.39, 0.29) is 11.4 Å². The largest absolute Gasteiger partial charge is 0.328 e. The van der Waals surface area contributed by atoms with Crippen LogP contribution in [0.4, 0.5) is 0 Å². The molecule has 5 heteroatoms. The molecule has 0 aliphatic carbocycles. The van der Waals surface area contributed by atoms with Crippen LogP contribution >= 0.6 is 0 Å². The molecule has 26 heavy (non-hydrogen) atoms. The molecule has 3 aromatic rings. The topological polar surface area (TPSA) is 43.1 Å². The molecule has 4 rings (SSSR count). The number of rotatable bonds is 2. The van der Waals surface area contributed by atoms with E-state index < -0.39 is 0 Å². The zero-order chi connectivity index (χ0) is 18.5. The smallest absolute Gasteiger partial charge is 0.254 e. The molecule has 0 saturated heterocycles. The Morgan fingerprint density at radius 1 is 1.04 bits per heavy atom. The van der Waals surface area contributed by atoms with Crippen molar-refractivity contribution in [2.45, 2.75) is 46.3 Å². The molecule has 0 radical (unpaired) electrons. The number of carbonyl (C=O) groups excluding carboxylic acids is 1. The van der Waals surface area contributed by atoms with Gasteiger partial charge in [-0.05, 0) is 52.0 Å². The van der Waals surface area contributed by atoms with Crippen LogP contribution in [-0.2, 0) is 18.6 Å². The van der Waals surface area contributed by atoms with E-state index in [1.165, 1.54) is 0 Å². The molecule has 0 bridgehead atoms. The molecule has 0 saturated carbocycles. The summed E-state index contributed by atoms with van der Waals surface area (Å²) in [5.41, 5.74) is 3.88. The van der Waals surface area contributed by atoms with E-state index in [1.54, 1.807) is 0 Å². The maximum atomic E-state index is 12.9. The Balaban J connectivity index is 1.70. The van der Waals surface area contributed by atoms with E-state index in [9.17, 15) is 4.79 Å². The van der Waals surface area contributed by atoms with Crippen LogP contribution in [0.5, 0.6) is 0 Å². The van der Waals surface area contributed by atoms with Gasteiger partial charge in [0, 0.05) is 23.5 Å². The molecule has 0 fully saturated rings. The standard InChI is InChI=1S/C21H24N4O/c1-15-7-9-16(10-8-15)20(26)24-13-17-18(14-24)22-25(21(2,3)4)19(17)23-11-5-6-12-23/h5-12H,13-14H2,1-4H3. The third-order valence-electron chi connectivity index (χ3n) is 4.80. The number of aromatic nitrogens is 3. The molecule has 0 atom stereocenters. The Labute approximate surface area is 153 Å². The van der Waals surface area contributed by atoms with Gasteiger partial charge in [-0.15, -0.1) is 0 Å². The predicted molar refractivity (Wildman–Crippen MR) is 101 cm³/mol. The number of aryl methyl sites for hydroxylation is 1. The molecule has 5 nitrogen and oxygen atoms in total. The Bertz CT molecular complexity index is 943. The molecule has 0 N–H and O–H groups in total. The third kappa shape index (κ3) is 2.73. The van der Waals surface area contributed by atoms with Gasteiger partial charge in [-0.1, -0.05) is 17.7 Å². The summed E-state index contributed by atoms with van der Waals surface area (Å²) in [7, 11) is 0. The predicted octanol–water partition coefficient (Wildman–Crippen LogP) is 3.89. The van der Waals surface area contributed by atoms with Crippen LogP contribution in [0.1, 0.15) is 48.0 Å². The van der Waals surface area contributed by atoms with Crippen molar-refractivity contribution in [1.82, 2.24) is 19.2 Å². The van der Waals surface area contributed by atoms with Crippen molar-refractivity contribution in [3.8, 4) is 5.82 Å². The second-order valence-electron chi connectivity index (χ2n) is 7.95. The van der Waals surface area contributed by atoms with Crippen molar-refractivity contribution < 1.29 is 4.79 Å². The molecule has 1 aliphatic heterocycles. The highest BCUT2D eigenvalue weighted by Crippen LogP contribution is 2.32. The molecule has 2 aromatic heterocycles. The van der Waals surface area contributed by atoms with Gasteiger partial charge in [0.2, 0.25) is 0 Å². The van der Waals surface area contributed by atoms with Gasteiger partial charge in [0.25, 0.3) is 5.91 Å². The maximum absolute atomic E-state index is 12.9. The first-order valence-corrected chi connectivity index (χ1v) is 8.95. The summed E-state index contributed by atoms with van der Waals surface area (Å²) in [6.45, 7) is 9.62. The number of fused-ring (bicyclic) bond motifs is 1. The monoisotopic (exact) mass is 348 g/mol. The number of carbonyl (C=O) groups is 1. The molecule has 1 amide bonds. The van der Waals surface area contributed by atoms with Gasteiger partial charge in [0.15, 0.2) is 0 Å². The first-order valence-electron chi connectivity index (χ1n) is 8.95. The first kappa shape index (κ1) is 16.6. The second kappa shape index (κ2) is 5.87. The lowest BCUT2D eigenvalue weighted by atomic mass is 10.1. The van der Waals surface area contributed by atoms with E-state index >= 15 is 0 Å². The summed E-state index contributed by atoms with van der Waals surface area (Å²) in [5.74, 6) is 1.11. The summed E-state index contributed by atoms with van der Waals surface area (Å²) in [6.07, 6.45) is 4.06. The number of amides is 1. The number of hydrogen-bond donors (Lipinski definition) is 0. The lowest BCUT2D eigenvalue weighted by Crippen LogP contribution is -2.29. The minimum absolute atomic E-state index is 0.0590. The molecule has 0 unspecified atom stereocenters. The lowest BCUT2D eigenvalue weighted by Gasteiger charge is -2.24. The van der Waals surface area contributed by atoms with E-state index in [0.717, 1.165) is 28.2 Å². The quantitative estimate of drug-likeness (QED) is 0.705. The molecule has 1 aliphatic rings. The summed E-state index contributed by atoms with van der Waals surface area (Å²) >= 11 is 0. The van der Waals surface area contributed by atoms with Crippen LogP contribution in [0.3, 0.4) is 0 Å².